The highest BCUT2D eigenvalue weighted by Crippen LogP contribution is 2.15. The average Bonchev–Trinajstić information content (AvgIpc) is 2.96. The van der Waals surface area contributed by atoms with Gasteiger partial charge in [-0.3, -0.25) is 9.48 Å². The maximum Gasteiger partial charge on any atom is 0.310 e. The Morgan fingerprint density at radius 2 is 2.15 bits per heavy atom. The molecular weight excluding hydrogens is 254 g/mol. The van der Waals surface area contributed by atoms with Gasteiger partial charge in [0.2, 0.25) is 0 Å². The molecule has 1 heterocycles. The van der Waals surface area contributed by atoms with Gasteiger partial charge in [-0.25, -0.2) is 0 Å². The first-order valence-corrected chi connectivity index (χ1v) is 6.66. The van der Waals surface area contributed by atoms with Crippen molar-refractivity contribution in [2.75, 3.05) is 6.54 Å². The molecule has 0 saturated carbocycles. The quantitative estimate of drug-likeness (QED) is 0.756. The first kappa shape index (κ1) is 14.3. The predicted octanol–water partition coefficient (Wildman–Crippen LogP) is 1.86. The SMILES string of the molecule is CC(C(=O)O)c1ccc(CNCCn2cccn2)cc1. The maximum absolute atomic E-state index is 10.9. The van der Waals surface area contributed by atoms with Crippen LogP contribution in [-0.4, -0.2) is 27.4 Å². The van der Waals surface area contributed by atoms with Gasteiger partial charge in [-0.1, -0.05) is 24.3 Å². The Kier molecular flexibility index (Phi) is 4.90. The highest BCUT2D eigenvalue weighted by molar-refractivity contribution is 5.75. The summed E-state index contributed by atoms with van der Waals surface area (Å²) in [5, 5.41) is 16.4. The second-order valence-electron chi connectivity index (χ2n) is 4.75. The standard InChI is InChI=1S/C15H19N3O2/c1-12(15(19)20)14-5-3-13(4-6-14)11-16-8-10-18-9-2-7-17-18/h2-7,9,12,16H,8,10-11H2,1H3,(H,19,20). The van der Waals surface area contributed by atoms with Gasteiger partial charge in [-0.05, 0) is 24.1 Å². The Labute approximate surface area is 118 Å². The van der Waals surface area contributed by atoms with Crippen molar-refractivity contribution in [3.63, 3.8) is 0 Å². The van der Waals surface area contributed by atoms with Crippen LogP contribution in [-0.2, 0) is 17.9 Å². The second kappa shape index (κ2) is 6.86. The van der Waals surface area contributed by atoms with Crippen molar-refractivity contribution in [1.82, 2.24) is 15.1 Å². The minimum Gasteiger partial charge on any atom is -0.481 e. The van der Waals surface area contributed by atoms with E-state index >= 15 is 0 Å². The topological polar surface area (TPSA) is 67.2 Å². The Bertz CT molecular complexity index is 535. The molecule has 20 heavy (non-hydrogen) atoms. The summed E-state index contributed by atoms with van der Waals surface area (Å²) in [7, 11) is 0. The normalized spacial score (nSPS) is 12.2. The summed E-state index contributed by atoms with van der Waals surface area (Å²) < 4.78 is 1.88. The number of hydrogen-bond acceptors (Lipinski definition) is 3. The lowest BCUT2D eigenvalue weighted by atomic mass is 10.0. The fourth-order valence-electron chi connectivity index (χ4n) is 1.93. The molecule has 5 heteroatoms. The van der Waals surface area contributed by atoms with Crippen LogP contribution in [0.1, 0.15) is 24.0 Å². The number of hydrogen-bond donors (Lipinski definition) is 2. The Morgan fingerprint density at radius 1 is 1.40 bits per heavy atom. The Hall–Kier alpha value is -2.14. The highest BCUT2D eigenvalue weighted by Gasteiger charge is 2.12. The zero-order chi connectivity index (χ0) is 14.4. The highest BCUT2D eigenvalue weighted by atomic mass is 16.4. The van der Waals surface area contributed by atoms with E-state index in [1.165, 1.54) is 0 Å². The van der Waals surface area contributed by atoms with Crippen LogP contribution in [0.2, 0.25) is 0 Å². The maximum atomic E-state index is 10.9. The number of nitrogens with zero attached hydrogens (tertiary/aromatic N) is 2. The van der Waals surface area contributed by atoms with Gasteiger partial charge in [0, 0.05) is 25.5 Å². The number of carbonyl (C=O) groups is 1. The summed E-state index contributed by atoms with van der Waals surface area (Å²) in [5.41, 5.74) is 1.98. The summed E-state index contributed by atoms with van der Waals surface area (Å²) >= 11 is 0. The van der Waals surface area contributed by atoms with Crippen LogP contribution in [0.15, 0.2) is 42.7 Å². The monoisotopic (exact) mass is 273 g/mol. The van der Waals surface area contributed by atoms with Crippen LogP contribution < -0.4 is 5.32 Å². The lowest BCUT2D eigenvalue weighted by Crippen LogP contribution is -2.19. The molecule has 2 rings (SSSR count). The minimum atomic E-state index is -0.796. The Morgan fingerprint density at radius 3 is 2.75 bits per heavy atom. The average molecular weight is 273 g/mol. The third-order valence-electron chi connectivity index (χ3n) is 3.26. The van der Waals surface area contributed by atoms with Crippen molar-refractivity contribution in [3.8, 4) is 0 Å². The predicted molar refractivity (Wildman–Crippen MR) is 76.4 cm³/mol. The summed E-state index contributed by atoms with van der Waals surface area (Å²) in [6, 6.07) is 9.60. The molecule has 2 N–H and O–H groups in total. The molecule has 106 valence electrons. The van der Waals surface area contributed by atoms with Gasteiger partial charge in [0.25, 0.3) is 0 Å². The van der Waals surface area contributed by atoms with E-state index in [1.54, 1.807) is 13.1 Å². The molecule has 0 aliphatic rings. The van der Waals surface area contributed by atoms with Gasteiger partial charge in [-0.15, -0.1) is 0 Å². The van der Waals surface area contributed by atoms with E-state index in [2.05, 4.69) is 10.4 Å². The van der Waals surface area contributed by atoms with Crippen LogP contribution >= 0.6 is 0 Å². The zero-order valence-electron chi connectivity index (χ0n) is 11.5. The minimum absolute atomic E-state index is 0.461. The van der Waals surface area contributed by atoms with Crippen LogP contribution in [0, 0.1) is 0 Å². The largest absolute Gasteiger partial charge is 0.481 e. The number of benzene rings is 1. The lowest BCUT2D eigenvalue weighted by Gasteiger charge is -2.09. The number of nitrogens with one attached hydrogen (secondary N) is 1. The van der Waals surface area contributed by atoms with Crippen molar-refractivity contribution in [1.29, 1.82) is 0 Å². The van der Waals surface area contributed by atoms with Crippen LogP contribution in [0.4, 0.5) is 0 Å². The van der Waals surface area contributed by atoms with Gasteiger partial charge in [0.1, 0.15) is 0 Å². The molecular formula is C15H19N3O2. The van der Waals surface area contributed by atoms with Crippen molar-refractivity contribution in [2.45, 2.75) is 25.9 Å². The van der Waals surface area contributed by atoms with E-state index in [0.29, 0.717) is 0 Å². The molecule has 0 bridgehead atoms. The molecule has 5 nitrogen and oxygen atoms in total. The molecule has 0 saturated heterocycles. The summed E-state index contributed by atoms with van der Waals surface area (Å²) in [5.74, 6) is -1.26. The van der Waals surface area contributed by atoms with E-state index in [1.807, 2.05) is 41.2 Å². The van der Waals surface area contributed by atoms with Gasteiger partial charge in [0.05, 0.1) is 12.5 Å². The summed E-state index contributed by atoms with van der Waals surface area (Å²) in [4.78, 5) is 10.9. The molecule has 0 fully saturated rings. The zero-order valence-corrected chi connectivity index (χ0v) is 11.5. The molecule has 0 radical (unpaired) electrons. The van der Waals surface area contributed by atoms with Crippen molar-refractivity contribution in [3.05, 3.63) is 53.9 Å². The van der Waals surface area contributed by atoms with E-state index in [-0.39, 0.29) is 0 Å². The summed E-state index contributed by atoms with van der Waals surface area (Å²) in [6.07, 6.45) is 3.70. The molecule has 1 aromatic heterocycles. The second-order valence-corrected chi connectivity index (χ2v) is 4.75. The van der Waals surface area contributed by atoms with Gasteiger partial charge < -0.3 is 10.4 Å². The Balaban J connectivity index is 1.77. The number of carboxylic acids is 1. The van der Waals surface area contributed by atoms with Crippen molar-refractivity contribution in [2.24, 2.45) is 0 Å². The number of aliphatic carboxylic acids is 1. The molecule has 0 amide bonds. The number of aromatic nitrogens is 2. The molecule has 0 aliphatic heterocycles. The lowest BCUT2D eigenvalue weighted by molar-refractivity contribution is -0.138. The molecule has 0 aliphatic carbocycles. The summed E-state index contributed by atoms with van der Waals surface area (Å²) in [6.45, 7) is 4.14. The molecule has 0 spiro atoms. The number of rotatable bonds is 7. The number of carboxylic acid groups (broad SMARTS) is 1. The third kappa shape index (κ3) is 3.93. The molecule has 2 aromatic rings. The van der Waals surface area contributed by atoms with Crippen LogP contribution in [0.3, 0.4) is 0 Å². The third-order valence-corrected chi connectivity index (χ3v) is 3.26. The molecule has 1 atom stereocenters. The van der Waals surface area contributed by atoms with E-state index in [0.717, 1.165) is 30.8 Å². The van der Waals surface area contributed by atoms with E-state index in [4.69, 9.17) is 5.11 Å². The van der Waals surface area contributed by atoms with Gasteiger partial charge in [0.15, 0.2) is 0 Å². The first-order valence-electron chi connectivity index (χ1n) is 6.66. The van der Waals surface area contributed by atoms with E-state index in [9.17, 15) is 4.79 Å². The van der Waals surface area contributed by atoms with E-state index < -0.39 is 11.9 Å². The van der Waals surface area contributed by atoms with Crippen LogP contribution in [0.25, 0.3) is 0 Å². The smallest absolute Gasteiger partial charge is 0.310 e. The van der Waals surface area contributed by atoms with Gasteiger partial charge >= 0.3 is 5.97 Å². The fourth-order valence-corrected chi connectivity index (χ4v) is 1.93. The fraction of sp³-hybridized carbons (Fsp3) is 0.333. The molecule has 1 aromatic carbocycles. The molecule has 1 unspecified atom stereocenters. The van der Waals surface area contributed by atoms with Crippen molar-refractivity contribution < 1.29 is 9.90 Å². The van der Waals surface area contributed by atoms with Crippen molar-refractivity contribution >= 4 is 5.97 Å². The van der Waals surface area contributed by atoms with Gasteiger partial charge in [-0.2, -0.15) is 5.10 Å². The first-order chi connectivity index (χ1) is 9.66. The van der Waals surface area contributed by atoms with Crippen LogP contribution in [0.5, 0.6) is 0 Å².